The minimum atomic E-state index is -0.615. The van der Waals surface area contributed by atoms with Crippen LogP contribution in [0.25, 0.3) is 0 Å². The van der Waals surface area contributed by atoms with E-state index in [1.165, 1.54) is 0 Å². The van der Waals surface area contributed by atoms with Crippen LogP contribution >= 0.6 is 0 Å². The molecule has 0 saturated heterocycles. The highest BCUT2D eigenvalue weighted by atomic mass is 16.6. The van der Waals surface area contributed by atoms with Crippen molar-refractivity contribution >= 4 is 17.8 Å². The number of nitrogens with two attached hydrogens (primary N) is 1. The number of ether oxygens (including phenoxy) is 1. The van der Waals surface area contributed by atoms with Gasteiger partial charge in [-0.3, -0.25) is 0 Å². The second-order valence-corrected chi connectivity index (χ2v) is 5.22. The quantitative estimate of drug-likeness (QED) is 0.727. The summed E-state index contributed by atoms with van der Waals surface area (Å²) < 4.78 is 5.07. The Kier molecular flexibility index (Phi) is 5.61. The average Bonchev–Trinajstić information content (AvgIpc) is 2.34. The Balaban J connectivity index is 2.45. The Labute approximate surface area is 124 Å². The van der Waals surface area contributed by atoms with E-state index in [9.17, 15) is 9.59 Å². The molecule has 0 unspecified atom stereocenters. The van der Waals surface area contributed by atoms with Crippen molar-refractivity contribution in [3.63, 3.8) is 0 Å². The maximum absolute atomic E-state index is 11.4. The van der Waals surface area contributed by atoms with E-state index in [2.05, 4.69) is 22.5 Å². The van der Waals surface area contributed by atoms with Crippen molar-refractivity contribution in [1.82, 2.24) is 5.32 Å². The number of amides is 3. The van der Waals surface area contributed by atoms with Gasteiger partial charge in [-0.05, 0) is 45.0 Å². The van der Waals surface area contributed by atoms with Gasteiger partial charge in [0.05, 0.1) is 6.54 Å². The topological polar surface area (TPSA) is 93.4 Å². The Hall–Kier alpha value is -2.68. The first kappa shape index (κ1) is 16.4. The SMILES string of the molecule is CC(C)(C)OC(=O)NCC#Cc1ccc(NC(N)=O)cc1. The van der Waals surface area contributed by atoms with Crippen molar-refractivity contribution < 1.29 is 14.3 Å². The summed E-state index contributed by atoms with van der Waals surface area (Å²) in [6.07, 6.45) is -0.502. The number of urea groups is 1. The molecule has 3 amide bonds. The standard InChI is InChI=1S/C15H19N3O3/c1-15(2,3)21-14(20)17-10-4-5-11-6-8-12(9-7-11)18-13(16)19/h6-9H,10H2,1-3H3,(H,17,20)(H3,16,18,19). The Bertz CT molecular complexity index is 563. The van der Waals surface area contributed by atoms with Crippen molar-refractivity contribution in [1.29, 1.82) is 0 Å². The number of alkyl carbamates (subject to hydrolysis) is 1. The van der Waals surface area contributed by atoms with Gasteiger partial charge < -0.3 is 21.1 Å². The minimum absolute atomic E-state index is 0.191. The van der Waals surface area contributed by atoms with Crippen molar-refractivity contribution in [2.75, 3.05) is 11.9 Å². The molecule has 0 saturated carbocycles. The molecule has 0 atom stereocenters. The summed E-state index contributed by atoms with van der Waals surface area (Å²) in [7, 11) is 0. The molecule has 0 spiro atoms. The molecule has 0 bridgehead atoms. The van der Waals surface area contributed by atoms with Crippen LogP contribution < -0.4 is 16.4 Å². The number of anilines is 1. The zero-order valence-corrected chi connectivity index (χ0v) is 12.3. The van der Waals surface area contributed by atoms with Crippen LogP contribution in [0.1, 0.15) is 26.3 Å². The number of rotatable bonds is 2. The van der Waals surface area contributed by atoms with Crippen LogP contribution in [0.4, 0.5) is 15.3 Å². The zero-order valence-electron chi connectivity index (χ0n) is 12.3. The van der Waals surface area contributed by atoms with Crippen molar-refractivity contribution in [3.8, 4) is 11.8 Å². The minimum Gasteiger partial charge on any atom is -0.444 e. The summed E-state index contributed by atoms with van der Waals surface area (Å²) in [6.45, 7) is 5.57. The number of benzene rings is 1. The monoisotopic (exact) mass is 289 g/mol. The molecular formula is C15H19N3O3. The predicted molar refractivity (Wildman–Crippen MR) is 80.8 cm³/mol. The van der Waals surface area contributed by atoms with Gasteiger partial charge in [0, 0.05) is 11.3 Å². The summed E-state index contributed by atoms with van der Waals surface area (Å²) >= 11 is 0. The Morgan fingerprint density at radius 1 is 1.24 bits per heavy atom. The van der Waals surface area contributed by atoms with Crippen LogP contribution in [0.15, 0.2) is 24.3 Å². The smallest absolute Gasteiger partial charge is 0.408 e. The van der Waals surface area contributed by atoms with E-state index in [-0.39, 0.29) is 6.54 Å². The van der Waals surface area contributed by atoms with Crippen LogP contribution in [0.5, 0.6) is 0 Å². The maximum atomic E-state index is 11.4. The van der Waals surface area contributed by atoms with Crippen LogP contribution in [-0.4, -0.2) is 24.3 Å². The predicted octanol–water partition coefficient (Wildman–Crippen LogP) is 2.05. The summed E-state index contributed by atoms with van der Waals surface area (Å²) in [5.41, 5.74) is 5.83. The number of nitrogens with one attached hydrogen (secondary N) is 2. The number of hydrogen-bond acceptors (Lipinski definition) is 3. The highest BCUT2D eigenvalue weighted by molar-refractivity contribution is 5.87. The summed E-state index contributed by atoms with van der Waals surface area (Å²) in [5.74, 6) is 5.68. The lowest BCUT2D eigenvalue weighted by molar-refractivity contribution is 0.0535. The molecule has 21 heavy (non-hydrogen) atoms. The number of primary amides is 1. The van der Waals surface area contributed by atoms with Crippen molar-refractivity contribution in [2.45, 2.75) is 26.4 Å². The number of carbonyl (C=O) groups excluding carboxylic acids is 2. The second kappa shape index (κ2) is 7.20. The molecule has 0 aromatic heterocycles. The third-order valence-corrected chi connectivity index (χ3v) is 2.11. The summed E-state index contributed by atoms with van der Waals surface area (Å²) in [5, 5.41) is 4.99. The molecule has 112 valence electrons. The fraction of sp³-hybridized carbons (Fsp3) is 0.333. The first-order valence-corrected chi connectivity index (χ1v) is 6.38. The fourth-order valence-corrected chi connectivity index (χ4v) is 1.36. The van der Waals surface area contributed by atoms with Gasteiger partial charge >= 0.3 is 12.1 Å². The van der Waals surface area contributed by atoms with Gasteiger partial charge in [-0.2, -0.15) is 0 Å². The van der Waals surface area contributed by atoms with Gasteiger partial charge in [0.25, 0.3) is 0 Å². The van der Waals surface area contributed by atoms with E-state index in [4.69, 9.17) is 10.5 Å². The Morgan fingerprint density at radius 2 is 1.86 bits per heavy atom. The van der Waals surface area contributed by atoms with Crippen LogP contribution in [0, 0.1) is 11.8 Å². The molecule has 6 nitrogen and oxygen atoms in total. The molecule has 0 aliphatic carbocycles. The first-order valence-electron chi connectivity index (χ1n) is 6.38. The average molecular weight is 289 g/mol. The van der Waals surface area contributed by atoms with E-state index in [1.54, 1.807) is 45.0 Å². The molecule has 0 aliphatic heterocycles. The van der Waals surface area contributed by atoms with Gasteiger partial charge in [0.1, 0.15) is 5.60 Å². The van der Waals surface area contributed by atoms with E-state index in [0.29, 0.717) is 5.69 Å². The largest absolute Gasteiger partial charge is 0.444 e. The fourth-order valence-electron chi connectivity index (χ4n) is 1.36. The van der Waals surface area contributed by atoms with E-state index < -0.39 is 17.7 Å². The van der Waals surface area contributed by atoms with E-state index in [0.717, 1.165) is 5.56 Å². The van der Waals surface area contributed by atoms with Gasteiger partial charge in [0.2, 0.25) is 0 Å². The molecule has 0 fully saturated rings. The van der Waals surface area contributed by atoms with E-state index in [1.807, 2.05) is 0 Å². The van der Waals surface area contributed by atoms with Gasteiger partial charge in [-0.15, -0.1) is 0 Å². The second-order valence-electron chi connectivity index (χ2n) is 5.22. The first-order chi connectivity index (χ1) is 9.76. The molecule has 0 aliphatic rings. The van der Waals surface area contributed by atoms with Crippen LogP contribution in [-0.2, 0) is 4.74 Å². The van der Waals surface area contributed by atoms with E-state index >= 15 is 0 Å². The van der Waals surface area contributed by atoms with Crippen molar-refractivity contribution in [2.24, 2.45) is 5.73 Å². The molecule has 1 aromatic carbocycles. The highest BCUT2D eigenvalue weighted by Crippen LogP contribution is 2.08. The van der Waals surface area contributed by atoms with Crippen LogP contribution in [0.2, 0.25) is 0 Å². The van der Waals surface area contributed by atoms with Gasteiger partial charge in [-0.25, -0.2) is 9.59 Å². The molecule has 1 aromatic rings. The van der Waals surface area contributed by atoms with Crippen LogP contribution in [0.3, 0.4) is 0 Å². The normalized spacial score (nSPS) is 10.0. The Morgan fingerprint density at radius 3 is 2.38 bits per heavy atom. The molecule has 1 rings (SSSR count). The molecular weight excluding hydrogens is 270 g/mol. The van der Waals surface area contributed by atoms with Gasteiger partial charge in [0.15, 0.2) is 0 Å². The lowest BCUT2D eigenvalue weighted by atomic mass is 10.2. The molecule has 4 N–H and O–H groups in total. The maximum Gasteiger partial charge on any atom is 0.408 e. The highest BCUT2D eigenvalue weighted by Gasteiger charge is 2.14. The summed E-state index contributed by atoms with van der Waals surface area (Å²) in [4.78, 5) is 22.0. The lowest BCUT2D eigenvalue weighted by Crippen LogP contribution is -2.32. The molecule has 0 heterocycles. The molecule has 6 heteroatoms. The number of carbonyl (C=O) groups is 2. The molecule has 0 radical (unpaired) electrons. The zero-order chi connectivity index (χ0) is 15.9. The van der Waals surface area contributed by atoms with Crippen molar-refractivity contribution in [3.05, 3.63) is 29.8 Å². The number of hydrogen-bond donors (Lipinski definition) is 3. The third-order valence-electron chi connectivity index (χ3n) is 2.11. The van der Waals surface area contributed by atoms with Gasteiger partial charge in [-0.1, -0.05) is 11.8 Å². The summed E-state index contributed by atoms with van der Waals surface area (Å²) in [6, 6.07) is 6.25. The third kappa shape index (κ3) is 7.47. The lowest BCUT2D eigenvalue weighted by Gasteiger charge is -2.18.